The van der Waals surface area contributed by atoms with Gasteiger partial charge in [-0.3, -0.25) is 14.6 Å². The Morgan fingerprint density at radius 2 is 2.00 bits per heavy atom. The maximum Gasteiger partial charge on any atom is 0.323 e. The van der Waals surface area contributed by atoms with Crippen molar-refractivity contribution in [2.45, 2.75) is 25.7 Å². The number of hydrogen-bond acceptors (Lipinski definition) is 3. The third-order valence-corrected chi connectivity index (χ3v) is 3.23. The third kappa shape index (κ3) is 4.69. The largest absolute Gasteiger partial charge is 0.480 e. The summed E-state index contributed by atoms with van der Waals surface area (Å²) < 4.78 is 0. The van der Waals surface area contributed by atoms with E-state index in [0.717, 1.165) is 18.4 Å². The molecule has 0 aromatic carbocycles. The van der Waals surface area contributed by atoms with Crippen molar-refractivity contribution in [2.24, 2.45) is 5.92 Å². The number of carboxylic acid groups (broad SMARTS) is 1. The second kappa shape index (κ2) is 6.31. The number of nitrogens with zero attached hydrogens (tertiary/aromatic N) is 2. The lowest BCUT2D eigenvalue weighted by molar-refractivity contribution is -0.144. The van der Waals surface area contributed by atoms with Gasteiger partial charge in [-0.15, -0.1) is 0 Å². The molecule has 0 atom stereocenters. The molecule has 1 heterocycles. The Kier molecular flexibility index (Phi) is 4.49. The lowest BCUT2D eigenvalue weighted by Gasteiger charge is -2.20. The fraction of sp³-hybridized carbons (Fsp3) is 0.500. The zero-order valence-electron chi connectivity index (χ0n) is 10.8. The van der Waals surface area contributed by atoms with Crippen molar-refractivity contribution in [3.8, 4) is 0 Å². The van der Waals surface area contributed by atoms with Crippen LogP contribution in [-0.4, -0.2) is 40.0 Å². The van der Waals surface area contributed by atoms with Gasteiger partial charge in [-0.2, -0.15) is 0 Å². The van der Waals surface area contributed by atoms with Gasteiger partial charge >= 0.3 is 5.97 Å². The molecule has 102 valence electrons. The Hall–Kier alpha value is -1.91. The Balaban J connectivity index is 1.85. The van der Waals surface area contributed by atoms with E-state index in [1.807, 2.05) is 12.1 Å². The van der Waals surface area contributed by atoms with Crippen LogP contribution in [-0.2, 0) is 16.0 Å². The number of carboxylic acids is 1. The standard InChI is InChI=1S/C14H18N2O3/c17-13(4-3-11-5-7-15-8-6-11)16(10-14(18)19)9-12-1-2-12/h5-8,12H,1-4,9-10H2,(H,18,19). The highest BCUT2D eigenvalue weighted by Crippen LogP contribution is 2.29. The molecule has 1 saturated carbocycles. The average molecular weight is 262 g/mol. The average Bonchev–Trinajstić information content (AvgIpc) is 3.20. The highest BCUT2D eigenvalue weighted by atomic mass is 16.4. The number of carbonyl (C=O) groups excluding carboxylic acids is 1. The number of pyridine rings is 1. The van der Waals surface area contributed by atoms with E-state index in [4.69, 9.17) is 5.11 Å². The lowest BCUT2D eigenvalue weighted by atomic mass is 10.1. The Labute approximate surface area is 112 Å². The zero-order chi connectivity index (χ0) is 13.7. The SMILES string of the molecule is O=C(O)CN(CC1CC1)C(=O)CCc1ccncc1. The maximum atomic E-state index is 12.1. The lowest BCUT2D eigenvalue weighted by Crippen LogP contribution is -2.37. The smallest absolute Gasteiger partial charge is 0.323 e. The van der Waals surface area contributed by atoms with Gasteiger partial charge in [-0.1, -0.05) is 0 Å². The van der Waals surface area contributed by atoms with Gasteiger partial charge in [-0.25, -0.2) is 0 Å². The van der Waals surface area contributed by atoms with Crippen molar-refractivity contribution in [3.63, 3.8) is 0 Å². The summed E-state index contributed by atoms with van der Waals surface area (Å²) in [5.74, 6) is -0.520. The van der Waals surface area contributed by atoms with E-state index in [1.165, 1.54) is 4.90 Å². The molecule has 2 rings (SSSR count). The number of aromatic nitrogens is 1. The van der Waals surface area contributed by atoms with Gasteiger partial charge in [0.2, 0.25) is 5.91 Å². The molecule has 1 aromatic heterocycles. The summed E-state index contributed by atoms with van der Waals surface area (Å²) in [6.07, 6.45) is 6.58. The van der Waals surface area contributed by atoms with Gasteiger partial charge in [0.25, 0.3) is 0 Å². The van der Waals surface area contributed by atoms with Gasteiger partial charge in [0, 0.05) is 25.4 Å². The molecule has 1 N–H and O–H groups in total. The quantitative estimate of drug-likeness (QED) is 0.805. The van der Waals surface area contributed by atoms with Crippen molar-refractivity contribution >= 4 is 11.9 Å². The van der Waals surface area contributed by atoms with E-state index in [-0.39, 0.29) is 12.5 Å². The number of rotatable bonds is 7. The topological polar surface area (TPSA) is 70.5 Å². The van der Waals surface area contributed by atoms with Crippen LogP contribution in [0.15, 0.2) is 24.5 Å². The summed E-state index contributed by atoms with van der Waals surface area (Å²) in [5.41, 5.74) is 1.05. The van der Waals surface area contributed by atoms with Gasteiger partial charge in [0.05, 0.1) is 0 Å². The van der Waals surface area contributed by atoms with Crippen LogP contribution >= 0.6 is 0 Å². The number of hydrogen-bond donors (Lipinski definition) is 1. The van der Waals surface area contributed by atoms with Crippen molar-refractivity contribution in [1.82, 2.24) is 9.88 Å². The number of carbonyl (C=O) groups is 2. The predicted molar refractivity (Wildman–Crippen MR) is 69.5 cm³/mol. The van der Waals surface area contributed by atoms with Crippen LogP contribution < -0.4 is 0 Å². The molecule has 0 radical (unpaired) electrons. The Bertz CT molecular complexity index is 443. The molecule has 1 amide bonds. The summed E-state index contributed by atoms with van der Waals surface area (Å²) in [5, 5.41) is 8.85. The molecule has 19 heavy (non-hydrogen) atoms. The molecule has 0 spiro atoms. The van der Waals surface area contributed by atoms with Crippen LogP contribution in [0.3, 0.4) is 0 Å². The highest BCUT2D eigenvalue weighted by molar-refractivity contribution is 5.81. The minimum atomic E-state index is -0.946. The molecular formula is C14H18N2O3. The van der Waals surface area contributed by atoms with Gasteiger partial charge in [-0.05, 0) is 42.9 Å². The van der Waals surface area contributed by atoms with Crippen molar-refractivity contribution in [3.05, 3.63) is 30.1 Å². The first-order chi connectivity index (χ1) is 9.15. The van der Waals surface area contributed by atoms with Crippen molar-refractivity contribution in [2.75, 3.05) is 13.1 Å². The van der Waals surface area contributed by atoms with Crippen molar-refractivity contribution < 1.29 is 14.7 Å². The fourth-order valence-electron chi connectivity index (χ4n) is 1.99. The van der Waals surface area contributed by atoms with E-state index in [2.05, 4.69) is 4.98 Å². The summed E-state index contributed by atoms with van der Waals surface area (Å²) in [4.78, 5) is 28.2. The number of aliphatic carboxylic acids is 1. The molecule has 1 aliphatic carbocycles. The number of amides is 1. The molecule has 5 heteroatoms. The van der Waals surface area contributed by atoms with Crippen LogP contribution in [0, 0.1) is 5.92 Å². The van der Waals surface area contributed by atoms with Gasteiger partial charge in [0.1, 0.15) is 6.54 Å². The fourth-order valence-corrected chi connectivity index (χ4v) is 1.99. The zero-order valence-corrected chi connectivity index (χ0v) is 10.8. The molecule has 5 nitrogen and oxygen atoms in total. The summed E-state index contributed by atoms with van der Waals surface area (Å²) in [7, 11) is 0. The van der Waals surface area contributed by atoms with E-state index in [1.54, 1.807) is 12.4 Å². The predicted octanol–water partition coefficient (Wildman–Crippen LogP) is 1.34. The van der Waals surface area contributed by atoms with Crippen LogP contribution in [0.5, 0.6) is 0 Å². The Morgan fingerprint density at radius 3 is 2.58 bits per heavy atom. The van der Waals surface area contributed by atoms with Crippen LogP contribution in [0.1, 0.15) is 24.8 Å². The Morgan fingerprint density at radius 1 is 1.32 bits per heavy atom. The minimum absolute atomic E-state index is 0.0777. The van der Waals surface area contributed by atoms with Crippen LogP contribution in [0.2, 0.25) is 0 Å². The van der Waals surface area contributed by atoms with E-state index >= 15 is 0 Å². The highest BCUT2D eigenvalue weighted by Gasteiger charge is 2.27. The van der Waals surface area contributed by atoms with Gasteiger partial charge < -0.3 is 10.0 Å². The molecule has 0 aliphatic heterocycles. The first-order valence-corrected chi connectivity index (χ1v) is 6.53. The molecule has 0 saturated heterocycles. The second-order valence-corrected chi connectivity index (χ2v) is 4.97. The van der Waals surface area contributed by atoms with E-state index in [0.29, 0.717) is 25.3 Å². The second-order valence-electron chi connectivity index (χ2n) is 4.97. The molecule has 0 unspecified atom stereocenters. The summed E-state index contributed by atoms with van der Waals surface area (Å²) in [6.45, 7) is 0.396. The van der Waals surface area contributed by atoms with Crippen LogP contribution in [0.25, 0.3) is 0 Å². The summed E-state index contributed by atoms with van der Waals surface area (Å²) in [6, 6.07) is 3.74. The first-order valence-electron chi connectivity index (χ1n) is 6.53. The normalized spacial score (nSPS) is 14.1. The molecule has 1 aliphatic rings. The van der Waals surface area contributed by atoms with Gasteiger partial charge in [0.15, 0.2) is 0 Å². The minimum Gasteiger partial charge on any atom is -0.480 e. The number of aryl methyl sites for hydroxylation is 1. The van der Waals surface area contributed by atoms with Crippen molar-refractivity contribution in [1.29, 1.82) is 0 Å². The maximum absolute atomic E-state index is 12.1. The van der Waals surface area contributed by atoms with E-state index < -0.39 is 5.97 Å². The first kappa shape index (κ1) is 13.5. The molecule has 1 aromatic rings. The molecule has 0 bridgehead atoms. The third-order valence-electron chi connectivity index (χ3n) is 3.23. The monoisotopic (exact) mass is 262 g/mol. The molecular weight excluding hydrogens is 244 g/mol. The van der Waals surface area contributed by atoms with E-state index in [9.17, 15) is 9.59 Å². The summed E-state index contributed by atoms with van der Waals surface area (Å²) >= 11 is 0. The molecule has 1 fully saturated rings. The van der Waals surface area contributed by atoms with Crippen LogP contribution in [0.4, 0.5) is 0 Å².